The summed E-state index contributed by atoms with van der Waals surface area (Å²) in [6.07, 6.45) is 6.11. The third-order valence-electron chi connectivity index (χ3n) is 5.30. The smallest absolute Gasteiger partial charge is 0.0615 e. The van der Waals surface area contributed by atoms with Crippen molar-refractivity contribution in [3.63, 3.8) is 0 Å². The second-order valence-corrected chi connectivity index (χ2v) is 6.35. The molecule has 0 radical (unpaired) electrons. The number of nitrogens with one attached hydrogen (secondary N) is 1. The average molecular weight is 270 g/mol. The van der Waals surface area contributed by atoms with Gasteiger partial charge in [0.05, 0.1) is 13.2 Å². The molecule has 0 aromatic heterocycles. The Morgan fingerprint density at radius 1 is 1.42 bits per heavy atom. The Hall–Kier alpha value is -0.160. The molecule has 1 saturated heterocycles. The Labute approximate surface area is 117 Å². The summed E-state index contributed by atoms with van der Waals surface area (Å²) in [6, 6.07) is 0. The van der Waals surface area contributed by atoms with Crippen LogP contribution >= 0.6 is 0 Å². The quantitative estimate of drug-likeness (QED) is 0.727. The van der Waals surface area contributed by atoms with Gasteiger partial charge in [-0.1, -0.05) is 6.42 Å². The van der Waals surface area contributed by atoms with Gasteiger partial charge in [-0.25, -0.2) is 0 Å². The van der Waals surface area contributed by atoms with E-state index < -0.39 is 0 Å². The third-order valence-corrected chi connectivity index (χ3v) is 5.30. The fraction of sp³-hybridized carbons (Fsp3) is 1.00. The summed E-state index contributed by atoms with van der Waals surface area (Å²) in [5.41, 5.74) is -0.00828. The maximum atomic E-state index is 9.70. The minimum atomic E-state index is -0.00828. The molecular formula is C15H30N2O2. The van der Waals surface area contributed by atoms with Crippen LogP contribution in [-0.4, -0.2) is 62.6 Å². The van der Waals surface area contributed by atoms with E-state index in [4.69, 9.17) is 4.74 Å². The van der Waals surface area contributed by atoms with E-state index in [1.165, 1.54) is 45.3 Å². The number of methoxy groups -OCH3 is 1. The van der Waals surface area contributed by atoms with Crippen LogP contribution < -0.4 is 5.32 Å². The van der Waals surface area contributed by atoms with Crippen molar-refractivity contribution in [3.05, 3.63) is 0 Å². The number of aliphatic hydroxyl groups excluding tert-OH is 1. The van der Waals surface area contributed by atoms with Crippen molar-refractivity contribution >= 4 is 0 Å². The number of rotatable bonds is 7. The summed E-state index contributed by atoms with van der Waals surface area (Å²) < 4.78 is 5.25. The molecule has 1 aliphatic heterocycles. The van der Waals surface area contributed by atoms with Crippen LogP contribution in [-0.2, 0) is 4.74 Å². The summed E-state index contributed by atoms with van der Waals surface area (Å²) in [5, 5.41) is 13.1. The van der Waals surface area contributed by atoms with Crippen LogP contribution in [0.5, 0.6) is 0 Å². The van der Waals surface area contributed by atoms with Gasteiger partial charge in [-0.2, -0.15) is 0 Å². The first-order valence-electron chi connectivity index (χ1n) is 7.75. The van der Waals surface area contributed by atoms with Crippen LogP contribution in [0.25, 0.3) is 0 Å². The molecule has 1 heterocycles. The van der Waals surface area contributed by atoms with Gasteiger partial charge in [0.25, 0.3) is 0 Å². The van der Waals surface area contributed by atoms with Crippen LogP contribution in [0.15, 0.2) is 0 Å². The highest BCUT2D eigenvalue weighted by atomic mass is 16.5. The molecule has 3 unspecified atom stereocenters. The fourth-order valence-electron chi connectivity index (χ4n) is 4.01. The number of hydrogen-bond acceptors (Lipinski definition) is 4. The molecule has 0 aromatic carbocycles. The monoisotopic (exact) mass is 270 g/mol. The third kappa shape index (κ3) is 3.48. The van der Waals surface area contributed by atoms with Gasteiger partial charge in [0.15, 0.2) is 0 Å². The first-order valence-corrected chi connectivity index (χ1v) is 7.75. The largest absolute Gasteiger partial charge is 0.394 e. The molecule has 1 saturated carbocycles. The van der Waals surface area contributed by atoms with Crippen molar-refractivity contribution in [3.8, 4) is 0 Å². The zero-order valence-electron chi connectivity index (χ0n) is 12.5. The number of nitrogens with zero attached hydrogens (tertiary/aromatic N) is 1. The molecule has 0 bridgehead atoms. The summed E-state index contributed by atoms with van der Waals surface area (Å²) in [5.74, 6) is 1.35. The highest BCUT2D eigenvalue weighted by Crippen LogP contribution is 2.37. The van der Waals surface area contributed by atoms with Gasteiger partial charge in [0.1, 0.15) is 0 Å². The molecule has 112 valence electrons. The first-order chi connectivity index (χ1) is 9.24. The Kier molecular flexibility index (Phi) is 5.63. The lowest BCUT2D eigenvalue weighted by atomic mass is 9.85. The van der Waals surface area contributed by atoms with Crippen LogP contribution in [0.3, 0.4) is 0 Å². The number of ether oxygens (including phenoxy) is 1. The van der Waals surface area contributed by atoms with E-state index >= 15 is 0 Å². The van der Waals surface area contributed by atoms with Crippen molar-refractivity contribution in [2.45, 2.75) is 37.6 Å². The summed E-state index contributed by atoms with van der Waals surface area (Å²) in [7, 11) is 3.79. The molecule has 19 heavy (non-hydrogen) atoms. The van der Waals surface area contributed by atoms with Crippen molar-refractivity contribution in [1.29, 1.82) is 0 Å². The van der Waals surface area contributed by atoms with Crippen molar-refractivity contribution < 1.29 is 9.84 Å². The van der Waals surface area contributed by atoms with E-state index in [1.807, 2.05) is 7.05 Å². The molecule has 3 atom stereocenters. The van der Waals surface area contributed by atoms with Crippen molar-refractivity contribution in [1.82, 2.24) is 10.2 Å². The molecule has 4 nitrogen and oxygen atoms in total. The van der Waals surface area contributed by atoms with Crippen LogP contribution in [0.4, 0.5) is 0 Å². The molecule has 0 spiro atoms. The Bertz CT molecular complexity index is 269. The van der Waals surface area contributed by atoms with Gasteiger partial charge in [-0.15, -0.1) is 0 Å². The van der Waals surface area contributed by atoms with E-state index in [1.54, 1.807) is 7.11 Å². The molecule has 1 aliphatic carbocycles. The van der Waals surface area contributed by atoms with Crippen LogP contribution in [0, 0.1) is 11.8 Å². The first kappa shape index (κ1) is 15.2. The van der Waals surface area contributed by atoms with E-state index in [-0.39, 0.29) is 12.1 Å². The minimum Gasteiger partial charge on any atom is -0.394 e. The lowest BCUT2D eigenvalue weighted by Gasteiger charge is -2.34. The minimum absolute atomic E-state index is 0.00828. The fourth-order valence-corrected chi connectivity index (χ4v) is 4.01. The van der Waals surface area contributed by atoms with E-state index in [2.05, 4.69) is 10.2 Å². The lowest BCUT2D eigenvalue weighted by molar-refractivity contribution is 0.118. The second kappa shape index (κ2) is 7.02. The number of likely N-dealkylation sites (N-methyl/N-ethyl adjacent to an activating group) is 1. The topological polar surface area (TPSA) is 44.7 Å². The Morgan fingerprint density at radius 2 is 2.26 bits per heavy atom. The maximum absolute atomic E-state index is 9.70. The van der Waals surface area contributed by atoms with Crippen LogP contribution in [0.2, 0.25) is 0 Å². The summed E-state index contributed by atoms with van der Waals surface area (Å²) in [6.45, 7) is 4.75. The van der Waals surface area contributed by atoms with Crippen molar-refractivity contribution in [2.75, 3.05) is 47.0 Å². The van der Waals surface area contributed by atoms with Crippen molar-refractivity contribution in [2.24, 2.45) is 11.8 Å². The maximum Gasteiger partial charge on any atom is 0.0615 e. The van der Waals surface area contributed by atoms with Gasteiger partial charge in [0, 0.05) is 19.2 Å². The molecular weight excluding hydrogens is 240 g/mol. The molecule has 2 aliphatic rings. The summed E-state index contributed by atoms with van der Waals surface area (Å²) in [4.78, 5) is 2.57. The highest BCUT2D eigenvalue weighted by molar-refractivity contribution is 4.98. The summed E-state index contributed by atoms with van der Waals surface area (Å²) >= 11 is 0. The number of likely N-dealkylation sites (tertiary alicyclic amines) is 1. The molecule has 2 fully saturated rings. The van der Waals surface area contributed by atoms with Gasteiger partial charge in [0.2, 0.25) is 0 Å². The SMILES string of the molecule is CNC1(CO)CCCC1CCN1CCC(COC)C1. The standard InChI is InChI=1S/C15H30N2O2/c1-16-15(12-18)7-3-4-14(15)6-9-17-8-5-13(10-17)11-19-2/h13-14,16,18H,3-12H2,1-2H3. The van der Waals surface area contributed by atoms with Gasteiger partial charge in [-0.05, 0) is 57.7 Å². The predicted molar refractivity (Wildman–Crippen MR) is 77.3 cm³/mol. The molecule has 2 N–H and O–H groups in total. The highest BCUT2D eigenvalue weighted by Gasteiger charge is 2.41. The van der Waals surface area contributed by atoms with E-state index in [0.29, 0.717) is 5.92 Å². The molecule has 0 aromatic rings. The van der Waals surface area contributed by atoms with Gasteiger partial charge < -0.3 is 20.1 Å². The Balaban J connectivity index is 1.76. The Morgan fingerprint density at radius 3 is 2.95 bits per heavy atom. The molecule has 2 rings (SSSR count). The second-order valence-electron chi connectivity index (χ2n) is 6.35. The van der Waals surface area contributed by atoms with E-state index in [9.17, 15) is 5.11 Å². The predicted octanol–water partition coefficient (Wildman–Crippen LogP) is 1.10. The number of hydrogen-bond donors (Lipinski definition) is 2. The molecule has 0 amide bonds. The van der Waals surface area contributed by atoms with Crippen LogP contribution in [0.1, 0.15) is 32.1 Å². The number of aliphatic hydroxyl groups is 1. The lowest BCUT2D eigenvalue weighted by Crippen LogP contribution is -2.50. The zero-order chi connectivity index (χ0) is 13.7. The van der Waals surface area contributed by atoms with E-state index in [0.717, 1.165) is 18.9 Å². The average Bonchev–Trinajstić information content (AvgIpc) is 3.03. The normalized spacial score (nSPS) is 36.2. The zero-order valence-corrected chi connectivity index (χ0v) is 12.5. The van der Waals surface area contributed by atoms with Gasteiger partial charge in [-0.3, -0.25) is 0 Å². The molecule has 4 heteroatoms. The van der Waals surface area contributed by atoms with Gasteiger partial charge >= 0.3 is 0 Å².